The fourth-order valence-corrected chi connectivity index (χ4v) is 1.41. The predicted octanol–water partition coefficient (Wildman–Crippen LogP) is 1.11. The van der Waals surface area contributed by atoms with Gasteiger partial charge in [0.15, 0.2) is 0 Å². The number of amides is 2. The fourth-order valence-electron chi connectivity index (χ4n) is 1.31. The Kier molecular flexibility index (Phi) is 5.49. The van der Waals surface area contributed by atoms with Crippen LogP contribution < -0.4 is 5.32 Å². The maximum absolute atomic E-state index is 11.9. The van der Waals surface area contributed by atoms with Crippen LogP contribution in [0.4, 0.5) is 0 Å². The van der Waals surface area contributed by atoms with E-state index in [-0.39, 0.29) is 17.7 Å². The Labute approximate surface area is 106 Å². The normalized spacial score (nSPS) is 9.76. The lowest BCUT2D eigenvalue weighted by Gasteiger charge is -2.17. The average Bonchev–Trinajstić information content (AvgIpc) is 2.38. The lowest BCUT2D eigenvalue weighted by atomic mass is 10.2. The number of carbonyl (C=O) groups is 2. The molecule has 1 aromatic rings. The lowest BCUT2D eigenvalue weighted by Crippen LogP contribution is -2.36. The first kappa shape index (κ1) is 13.5. The summed E-state index contributed by atoms with van der Waals surface area (Å²) in [6.07, 6.45) is 0. The van der Waals surface area contributed by atoms with Gasteiger partial charge in [0, 0.05) is 25.7 Å². The molecular formula is C12H15ClN2O2. The van der Waals surface area contributed by atoms with E-state index in [1.807, 2.05) is 18.2 Å². The predicted molar refractivity (Wildman–Crippen MR) is 67.1 cm³/mol. The first-order valence-electron chi connectivity index (χ1n) is 5.28. The van der Waals surface area contributed by atoms with E-state index in [2.05, 4.69) is 5.32 Å². The second-order valence-corrected chi connectivity index (χ2v) is 3.84. The van der Waals surface area contributed by atoms with Crippen molar-refractivity contribution in [3.63, 3.8) is 0 Å². The smallest absolute Gasteiger partial charge is 0.253 e. The van der Waals surface area contributed by atoms with Crippen LogP contribution in [0.2, 0.25) is 0 Å². The van der Waals surface area contributed by atoms with E-state index in [4.69, 9.17) is 11.6 Å². The van der Waals surface area contributed by atoms with Gasteiger partial charge in [-0.15, -0.1) is 11.6 Å². The number of halogens is 1. The van der Waals surface area contributed by atoms with Crippen LogP contribution in [-0.2, 0) is 4.79 Å². The highest BCUT2D eigenvalue weighted by Crippen LogP contribution is 2.02. The van der Waals surface area contributed by atoms with E-state index >= 15 is 0 Å². The molecule has 4 nitrogen and oxygen atoms in total. The molecule has 0 spiro atoms. The van der Waals surface area contributed by atoms with Crippen LogP contribution >= 0.6 is 11.6 Å². The van der Waals surface area contributed by atoms with Crippen molar-refractivity contribution in [3.05, 3.63) is 35.9 Å². The molecule has 0 aliphatic rings. The Morgan fingerprint density at radius 2 is 1.94 bits per heavy atom. The zero-order valence-corrected chi connectivity index (χ0v) is 10.4. The first-order valence-corrected chi connectivity index (χ1v) is 5.81. The summed E-state index contributed by atoms with van der Waals surface area (Å²) in [6.45, 7) is 0.858. The van der Waals surface area contributed by atoms with Gasteiger partial charge in [0.2, 0.25) is 5.91 Å². The number of carbonyl (C=O) groups excluding carboxylic acids is 2. The molecule has 0 saturated carbocycles. The molecule has 0 heterocycles. The first-order chi connectivity index (χ1) is 8.15. The molecule has 17 heavy (non-hydrogen) atoms. The van der Waals surface area contributed by atoms with Crippen LogP contribution in [-0.4, -0.2) is 42.7 Å². The molecule has 0 saturated heterocycles. The van der Waals surface area contributed by atoms with Gasteiger partial charge >= 0.3 is 0 Å². The fraction of sp³-hybridized carbons (Fsp3) is 0.333. The van der Waals surface area contributed by atoms with Gasteiger partial charge in [-0.3, -0.25) is 9.59 Å². The molecule has 0 radical (unpaired) electrons. The molecular weight excluding hydrogens is 240 g/mol. The molecule has 0 bridgehead atoms. The summed E-state index contributed by atoms with van der Waals surface area (Å²) in [4.78, 5) is 24.3. The van der Waals surface area contributed by atoms with Gasteiger partial charge in [-0.25, -0.2) is 0 Å². The number of benzene rings is 1. The molecule has 92 valence electrons. The summed E-state index contributed by atoms with van der Waals surface area (Å²) in [7, 11) is 1.70. The van der Waals surface area contributed by atoms with Crippen molar-refractivity contribution < 1.29 is 9.59 Å². The Morgan fingerprint density at radius 3 is 2.53 bits per heavy atom. The van der Waals surface area contributed by atoms with E-state index < -0.39 is 0 Å². The summed E-state index contributed by atoms with van der Waals surface area (Å²) < 4.78 is 0. The minimum absolute atomic E-state index is 0.0592. The number of likely N-dealkylation sites (N-methyl/N-ethyl adjacent to an activating group) is 1. The molecule has 0 aromatic heterocycles. The number of hydrogen-bond acceptors (Lipinski definition) is 2. The van der Waals surface area contributed by atoms with Crippen LogP contribution in [0.5, 0.6) is 0 Å². The standard InChI is InChI=1S/C12H15ClN2O2/c1-15(8-7-14-11(16)9-13)12(17)10-5-3-2-4-6-10/h2-6H,7-9H2,1H3,(H,14,16). The minimum atomic E-state index is -0.229. The van der Waals surface area contributed by atoms with Gasteiger partial charge < -0.3 is 10.2 Å². The third kappa shape index (κ3) is 4.44. The zero-order chi connectivity index (χ0) is 12.7. The molecule has 1 rings (SSSR count). The zero-order valence-electron chi connectivity index (χ0n) is 9.65. The molecule has 0 unspecified atom stereocenters. The largest absolute Gasteiger partial charge is 0.353 e. The highest BCUT2D eigenvalue weighted by atomic mass is 35.5. The number of nitrogens with one attached hydrogen (secondary N) is 1. The van der Waals surface area contributed by atoms with Crippen molar-refractivity contribution in [1.82, 2.24) is 10.2 Å². The Balaban J connectivity index is 2.40. The third-order valence-corrected chi connectivity index (χ3v) is 2.50. The average molecular weight is 255 g/mol. The van der Waals surface area contributed by atoms with Crippen LogP contribution in [0.15, 0.2) is 30.3 Å². The maximum atomic E-state index is 11.9. The monoisotopic (exact) mass is 254 g/mol. The van der Waals surface area contributed by atoms with Crippen molar-refractivity contribution in [2.24, 2.45) is 0 Å². The molecule has 0 aliphatic carbocycles. The minimum Gasteiger partial charge on any atom is -0.353 e. The summed E-state index contributed by atoms with van der Waals surface area (Å²) in [5, 5.41) is 2.60. The van der Waals surface area contributed by atoms with E-state index in [9.17, 15) is 9.59 Å². The van der Waals surface area contributed by atoms with Gasteiger partial charge in [-0.05, 0) is 12.1 Å². The van der Waals surface area contributed by atoms with Crippen LogP contribution in [0.3, 0.4) is 0 Å². The van der Waals surface area contributed by atoms with Gasteiger partial charge in [0.05, 0.1) is 0 Å². The molecule has 2 amide bonds. The van der Waals surface area contributed by atoms with E-state index in [0.717, 1.165) is 0 Å². The summed E-state index contributed by atoms with van der Waals surface area (Å²) in [5.41, 5.74) is 0.638. The summed E-state index contributed by atoms with van der Waals surface area (Å²) in [5.74, 6) is -0.353. The lowest BCUT2D eigenvalue weighted by molar-refractivity contribution is -0.118. The second-order valence-electron chi connectivity index (χ2n) is 3.58. The van der Waals surface area contributed by atoms with Gasteiger partial charge in [-0.2, -0.15) is 0 Å². The van der Waals surface area contributed by atoms with Crippen molar-refractivity contribution in [1.29, 1.82) is 0 Å². The van der Waals surface area contributed by atoms with Crippen LogP contribution in [0.1, 0.15) is 10.4 Å². The number of alkyl halides is 1. The Bertz CT molecular complexity index is 381. The third-order valence-electron chi connectivity index (χ3n) is 2.26. The van der Waals surface area contributed by atoms with E-state index in [1.54, 1.807) is 24.1 Å². The van der Waals surface area contributed by atoms with E-state index in [0.29, 0.717) is 18.7 Å². The Morgan fingerprint density at radius 1 is 1.29 bits per heavy atom. The molecule has 0 aliphatic heterocycles. The molecule has 1 aromatic carbocycles. The SMILES string of the molecule is CN(CCNC(=O)CCl)C(=O)c1ccccc1. The van der Waals surface area contributed by atoms with Crippen LogP contribution in [0, 0.1) is 0 Å². The van der Waals surface area contributed by atoms with Crippen molar-refractivity contribution in [2.45, 2.75) is 0 Å². The van der Waals surface area contributed by atoms with Gasteiger partial charge in [-0.1, -0.05) is 18.2 Å². The van der Waals surface area contributed by atoms with E-state index in [1.165, 1.54) is 0 Å². The summed E-state index contributed by atoms with van der Waals surface area (Å²) >= 11 is 5.33. The second kappa shape index (κ2) is 6.91. The van der Waals surface area contributed by atoms with Crippen LogP contribution in [0.25, 0.3) is 0 Å². The maximum Gasteiger partial charge on any atom is 0.253 e. The van der Waals surface area contributed by atoms with Gasteiger partial charge in [0.25, 0.3) is 5.91 Å². The molecule has 5 heteroatoms. The quantitative estimate of drug-likeness (QED) is 0.801. The highest BCUT2D eigenvalue weighted by Gasteiger charge is 2.10. The van der Waals surface area contributed by atoms with Gasteiger partial charge in [0.1, 0.15) is 5.88 Å². The van der Waals surface area contributed by atoms with Crippen molar-refractivity contribution >= 4 is 23.4 Å². The number of hydrogen-bond donors (Lipinski definition) is 1. The number of nitrogens with zero attached hydrogens (tertiary/aromatic N) is 1. The number of rotatable bonds is 5. The summed E-state index contributed by atoms with van der Waals surface area (Å²) in [6, 6.07) is 9.01. The molecule has 0 atom stereocenters. The Hall–Kier alpha value is -1.55. The molecule has 1 N–H and O–H groups in total. The topological polar surface area (TPSA) is 49.4 Å². The van der Waals surface area contributed by atoms with Crippen molar-refractivity contribution in [2.75, 3.05) is 26.0 Å². The molecule has 0 fully saturated rings. The highest BCUT2D eigenvalue weighted by molar-refractivity contribution is 6.27. The van der Waals surface area contributed by atoms with Crippen molar-refractivity contribution in [3.8, 4) is 0 Å².